The Labute approximate surface area is 200 Å². The molecule has 176 valence electrons. The van der Waals surface area contributed by atoms with Gasteiger partial charge in [0.25, 0.3) is 0 Å². The highest BCUT2D eigenvalue weighted by Crippen LogP contribution is 2.33. The number of nitrogens with zero attached hydrogens (tertiary/aromatic N) is 1. The summed E-state index contributed by atoms with van der Waals surface area (Å²) in [4.78, 5) is 28.1. The minimum Gasteiger partial charge on any atom is -0.454 e. The summed E-state index contributed by atoms with van der Waals surface area (Å²) in [5.41, 5.74) is 1.82. The van der Waals surface area contributed by atoms with Crippen molar-refractivity contribution in [3.05, 3.63) is 58.6 Å². The molecule has 1 N–H and O–H groups in total. The van der Waals surface area contributed by atoms with E-state index in [9.17, 15) is 9.59 Å². The van der Waals surface area contributed by atoms with E-state index in [1.165, 1.54) is 6.42 Å². The number of amides is 2. The Morgan fingerprint density at radius 1 is 1.09 bits per heavy atom. The van der Waals surface area contributed by atoms with Crippen LogP contribution < -0.4 is 14.8 Å². The van der Waals surface area contributed by atoms with Crippen LogP contribution >= 0.6 is 11.6 Å². The number of hydrogen-bond donors (Lipinski definition) is 1. The average molecular weight is 471 g/mol. The fourth-order valence-corrected chi connectivity index (χ4v) is 4.65. The summed E-state index contributed by atoms with van der Waals surface area (Å²) in [5, 5.41) is 3.75. The number of halogens is 1. The number of carbonyl (C=O) groups excluding carboxylic acids is 2. The summed E-state index contributed by atoms with van der Waals surface area (Å²) in [7, 11) is 0. The lowest BCUT2D eigenvalue weighted by atomic mass is 9.95. The molecule has 0 bridgehead atoms. The van der Waals surface area contributed by atoms with E-state index in [0.29, 0.717) is 23.7 Å². The van der Waals surface area contributed by atoms with Crippen molar-refractivity contribution in [2.75, 3.05) is 6.79 Å². The number of ether oxygens (including phenoxy) is 2. The van der Waals surface area contributed by atoms with E-state index in [4.69, 9.17) is 21.1 Å². The molecular weight excluding hydrogens is 440 g/mol. The van der Waals surface area contributed by atoms with Crippen molar-refractivity contribution in [2.24, 2.45) is 0 Å². The minimum atomic E-state index is -0.590. The smallest absolute Gasteiger partial charge is 0.242 e. The molecule has 4 rings (SSSR count). The number of hydrogen-bond acceptors (Lipinski definition) is 4. The summed E-state index contributed by atoms with van der Waals surface area (Å²) < 4.78 is 10.8. The highest BCUT2D eigenvalue weighted by Gasteiger charge is 2.28. The van der Waals surface area contributed by atoms with Gasteiger partial charge in [-0.25, -0.2) is 0 Å². The van der Waals surface area contributed by atoms with Crippen LogP contribution in [0.15, 0.2) is 42.5 Å². The summed E-state index contributed by atoms with van der Waals surface area (Å²) >= 11 is 6.38. The van der Waals surface area contributed by atoms with E-state index in [1.54, 1.807) is 17.9 Å². The van der Waals surface area contributed by atoms with Crippen molar-refractivity contribution in [2.45, 2.75) is 70.5 Å². The SMILES string of the molecule is C[C@H](C(=O)NC1CCCCC1)N(Cc1ccccc1Cl)C(=O)CCc1ccc2c(c1)OCO2. The molecule has 2 aromatic carbocycles. The Balaban J connectivity index is 1.45. The molecule has 1 aliphatic carbocycles. The van der Waals surface area contributed by atoms with Crippen molar-refractivity contribution in [3.63, 3.8) is 0 Å². The fraction of sp³-hybridized carbons (Fsp3) is 0.462. The number of carbonyl (C=O) groups is 2. The topological polar surface area (TPSA) is 67.9 Å². The van der Waals surface area contributed by atoms with Crippen LogP contribution in [-0.4, -0.2) is 35.6 Å². The predicted molar refractivity (Wildman–Crippen MR) is 127 cm³/mol. The normalized spacial score (nSPS) is 16.3. The maximum atomic E-state index is 13.4. The Hall–Kier alpha value is -2.73. The lowest BCUT2D eigenvalue weighted by Crippen LogP contribution is -2.50. The van der Waals surface area contributed by atoms with Crippen molar-refractivity contribution < 1.29 is 19.1 Å². The second kappa shape index (κ2) is 10.9. The van der Waals surface area contributed by atoms with E-state index in [-0.39, 0.29) is 31.1 Å². The van der Waals surface area contributed by atoms with Gasteiger partial charge in [-0.3, -0.25) is 9.59 Å². The Morgan fingerprint density at radius 3 is 2.64 bits per heavy atom. The second-order valence-electron chi connectivity index (χ2n) is 8.82. The highest BCUT2D eigenvalue weighted by molar-refractivity contribution is 6.31. The molecule has 0 saturated heterocycles. The second-order valence-corrected chi connectivity index (χ2v) is 9.23. The number of benzene rings is 2. The first-order valence-corrected chi connectivity index (χ1v) is 12.1. The Kier molecular flexibility index (Phi) is 7.76. The first-order chi connectivity index (χ1) is 16.0. The molecule has 6 nitrogen and oxygen atoms in total. The molecule has 1 saturated carbocycles. The van der Waals surface area contributed by atoms with Gasteiger partial charge < -0.3 is 19.7 Å². The number of aryl methyl sites for hydroxylation is 1. The molecule has 2 aliphatic rings. The average Bonchev–Trinajstić information content (AvgIpc) is 3.30. The summed E-state index contributed by atoms with van der Waals surface area (Å²) in [6.07, 6.45) is 6.33. The molecule has 0 radical (unpaired) electrons. The van der Waals surface area contributed by atoms with Gasteiger partial charge in [0.15, 0.2) is 11.5 Å². The van der Waals surface area contributed by atoms with E-state index < -0.39 is 6.04 Å². The zero-order valence-corrected chi connectivity index (χ0v) is 19.8. The molecule has 2 aromatic rings. The van der Waals surface area contributed by atoms with Crippen LogP contribution in [0.4, 0.5) is 0 Å². The van der Waals surface area contributed by atoms with Crippen molar-refractivity contribution in [3.8, 4) is 11.5 Å². The summed E-state index contributed by atoms with van der Waals surface area (Å²) in [6, 6.07) is 12.8. The maximum absolute atomic E-state index is 13.4. The van der Waals surface area contributed by atoms with E-state index in [0.717, 1.165) is 42.6 Å². The van der Waals surface area contributed by atoms with E-state index >= 15 is 0 Å². The molecule has 2 amide bonds. The first kappa shape index (κ1) is 23.4. The van der Waals surface area contributed by atoms with Crippen LogP contribution in [0.2, 0.25) is 5.02 Å². The molecule has 0 unspecified atom stereocenters. The molecule has 1 fully saturated rings. The van der Waals surface area contributed by atoms with Gasteiger partial charge in [-0.15, -0.1) is 0 Å². The van der Waals surface area contributed by atoms with E-state index in [1.807, 2.05) is 36.4 Å². The van der Waals surface area contributed by atoms with Gasteiger partial charge in [-0.05, 0) is 55.5 Å². The van der Waals surface area contributed by atoms with Crippen molar-refractivity contribution >= 4 is 23.4 Å². The number of rotatable bonds is 8. The third-order valence-electron chi connectivity index (χ3n) is 6.48. The molecule has 7 heteroatoms. The van der Waals surface area contributed by atoms with Gasteiger partial charge in [0.05, 0.1) is 0 Å². The van der Waals surface area contributed by atoms with Crippen LogP contribution in [-0.2, 0) is 22.6 Å². The Morgan fingerprint density at radius 2 is 1.85 bits per heavy atom. The summed E-state index contributed by atoms with van der Waals surface area (Å²) in [5.74, 6) is 1.23. The number of nitrogens with one attached hydrogen (secondary N) is 1. The predicted octanol–water partition coefficient (Wildman–Crippen LogP) is 4.87. The Bertz CT molecular complexity index is 990. The summed E-state index contributed by atoms with van der Waals surface area (Å²) in [6.45, 7) is 2.31. The largest absolute Gasteiger partial charge is 0.454 e. The number of fused-ring (bicyclic) bond motifs is 1. The maximum Gasteiger partial charge on any atom is 0.242 e. The monoisotopic (exact) mass is 470 g/mol. The van der Waals surface area contributed by atoms with Crippen LogP contribution in [0, 0.1) is 0 Å². The molecule has 1 heterocycles. The zero-order valence-electron chi connectivity index (χ0n) is 19.0. The lowest BCUT2D eigenvalue weighted by molar-refractivity contribution is -0.141. The molecule has 33 heavy (non-hydrogen) atoms. The molecule has 1 atom stereocenters. The molecule has 0 aromatic heterocycles. The van der Waals surface area contributed by atoms with Crippen molar-refractivity contribution in [1.82, 2.24) is 10.2 Å². The third kappa shape index (κ3) is 5.99. The standard InChI is InChI=1S/C26H31ClN2O4/c1-18(26(31)28-21-8-3-2-4-9-21)29(16-20-7-5-6-10-22(20)27)25(30)14-12-19-11-13-23-24(15-19)33-17-32-23/h5-7,10-11,13,15,18,21H,2-4,8-9,12,14,16-17H2,1H3,(H,28,31)/t18-/m1/s1. The van der Waals surface area contributed by atoms with Crippen LogP contribution in [0.5, 0.6) is 11.5 Å². The lowest BCUT2D eigenvalue weighted by Gasteiger charge is -2.31. The van der Waals surface area contributed by atoms with Gasteiger partial charge in [0.2, 0.25) is 18.6 Å². The molecule has 1 aliphatic heterocycles. The quantitative estimate of drug-likeness (QED) is 0.597. The van der Waals surface area contributed by atoms with Crippen LogP contribution in [0.1, 0.15) is 56.6 Å². The van der Waals surface area contributed by atoms with E-state index in [2.05, 4.69) is 5.32 Å². The van der Waals surface area contributed by atoms with Gasteiger partial charge in [0.1, 0.15) is 6.04 Å². The fourth-order valence-electron chi connectivity index (χ4n) is 4.45. The minimum absolute atomic E-state index is 0.0844. The molecular formula is C26H31ClN2O4. The van der Waals surface area contributed by atoms with Crippen LogP contribution in [0.25, 0.3) is 0 Å². The van der Waals surface area contributed by atoms with Gasteiger partial charge in [-0.2, -0.15) is 0 Å². The zero-order chi connectivity index (χ0) is 23.2. The molecule has 0 spiro atoms. The van der Waals surface area contributed by atoms with Gasteiger partial charge in [0, 0.05) is 24.0 Å². The highest BCUT2D eigenvalue weighted by atomic mass is 35.5. The van der Waals surface area contributed by atoms with Gasteiger partial charge in [-0.1, -0.05) is 55.1 Å². The first-order valence-electron chi connectivity index (χ1n) is 11.7. The van der Waals surface area contributed by atoms with Crippen LogP contribution in [0.3, 0.4) is 0 Å². The van der Waals surface area contributed by atoms with Crippen molar-refractivity contribution in [1.29, 1.82) is 0 Å². The van der Waals surface area contributed by atoms with Gasteiger partial charge >= 0.3 is 0 Å². The third-order valence-corrected chi connectivity index (χ3v) is 6.85.